The molecule has 0 aliphatic carbocycles. The molecule has 0 atom stereocenters. The van der Waals surface area contributed by atoms with Crippen LogP contribution in [0.25, 0.3) is 6.08 Å². The highest BCUT2D eigenvalue weighted by Gasteiger charge is 2.10. The van der Waals surface area contributed by atoms with Gasteiger partial charge in [-0.15, -0.1) is 0 Å². The number of methoxy groups -OCH3 is 2. The van der Waals surface area contributed by atoms with Crippen molar-refractivity contribution in [1.82, 2.24) is 4.90 Å². The molecule has 148 valence electrons. The van der Waals surface area contributed by atoms with Crippen LogP contribution in [-0.4, -0.2) is 44.7 Å². The van der Waals surface area contributed by atoms with Gasteiger partial charge >= 0.3 is 0 Å². The van der Waals surface area contributed by atoms with E-state index in [0.29, 0.717) is 11.5 Å². The Kier molecular flexibility index (Phi) is 7.09. The van der Waals surface area contributed by atoms with E-state index in [1.165, 1.54) is 37.6 Å². The molecule has 2 aromatic carbocycles. The third kappa shape index (κ3) is 5.60. The summed E-state index contributed by atoms with van der Waals surface area (Å²) in [4.78, 5) is 14.7. The number of nitrogens with zero attached hydrogens (tertiary/aromatic N) is 1. The summed E-state index contributed by atoms with van der Waals surface area (Å²) < 4.78 is 10.5. The molecule has 5 heteroatoms. The lowest BCUT2D eigenvalue weighted by atomic mass is 10.1. The van der Waals surface area contributed by atoms with Crippen molar-refractivity contribution in [2.45, 2.75) is 19.3 Å². The zero-order valence-corrected chi connectivity index (χ0v) is 16.6. The average molecular weight is 380 g/mol. The van der Waals surface area contributed by atoms with E-state index < -0.39 is 0 Å². The summed E-state index contributed by atoms with van der Waals surface area (Å²) >= 11 is 0. The van der Waals surface area contributed by atoms with Crippen molar-refractivity contribution >= 4 is 17.7 Å². The molecule has 1 fully saturated rings. The van der Waals surface area contributed by atoms with Crippen molar-refractivity contribution < 1.29 is 14.3 Å². The average Bonchev–Trinajstić information content (AvgIpc) is 3.25. The molecule has 1 N–H and O–H groups in total. The van der Waals surface area contributed by atoms with Crippen molar-refractivity contribution in [3.63, 3.8) is 0 Å². The van der Waals surface area contributed by atoms with E-state index >= 15 is 0 Å². The highest BCUT2D eigenvalue weighted by atomic mass is 16.5. The van der Waals surface area contributed by atoms with Gasteiger partial charge in [-0.3, -0.25) is 4.79 Å². The molecule has 28 heavy (non-hydrogen) atoms. The second-order valence-electron chi connectivity index (χ2n) is 6.93. The van der Waals surface area contributed by atoms with E-state index in [0.717, 1.165) is 24.2 Å². The van der Waals surface area contributed by atoms with Crippen molar-refractivity contribution in [3.8, 4) is 11.5 Å². The number of rotatable bonds is 8. The number of anilines is 1. The number of amides is 1. The number of carbonyl (C=O) groups excluding carboxylic acids is 1. The minimum atomic E-state index is -0.178. The predicted molar refractivity (Wildman–Crippen MR) is 113 cm³/mol. The lowest BCUT2D eigenvalue weighted by Gasteiger charge is -2.14. The molecular formula is C23H28N2O3. The maximum atomic E-state index is 12.2. The Morgan fingerprint density at radius 3 is 2.50 bits per heavy atom. The van der Waals surface area contributed by atoms with Crippen LogP contribution in [0.15, 0.2) is 48.5 Å². The summed E-state index contributed by atoms with van der Waals surface area (Å²) in [6, 6.07) is 13.6. The fourth-order valence-corrected chi connectivity index (χ4v) is 3.35. The van der Waals surface area contributed by atoms with Crippen molar-refractivity contribution in [1.29, 1.82) is 0 Å². The molecule has 0 saturated carbocycles. The molecule has 1 heterocycles. The van der Waals surface area contributed by atoms with Gasteiger partial charge < -0.3 is 19.7 Å². The summed E-state index contributed by atoms with van der Waals surface area (Å²) in [5.41, 5.74) is 2.90. The first-order valence-corrected chi connectivity index (χ1v) is 9.70. The molecule has 1 aliphatic heterocycles. The lowest BCUT2D eigenvalue weighted by Crippen LogP contribution is -2.21. The minimum Gasteiger partial charge on any atom is -0.497 e. The van der Waals surface area contributed by atoms with Crippen LogP contribution in [0.5, 0.6) is 11.5 Å². The van der Waals surface area contributed by atoms with Crippen LogP contribution < -0.4 is 14.8 Å². The van der Waals surface area contributed by atoms with Crippen molar-refractivity contribution in [3.05, 3.63) is 59.7 Å². The van der Waals surface area contributed by atoms with Crippen LogP contribution in [-0.2, 0) is 11.2 Å². The van der Waals surface area contributed by atoms with E-state index in [-0.39, 0.29) is 5.91 Å². The molecule has 0 aromatic heterocycles. The molecular weight excluding hydrogens is 352 g/mol. The second kappa shape index (κ2) is 9.95. The second-order valence-corrected chi connectivity index (χ2v) is 6.93. The molecule has 0 radical (unpaired) electrons. The summed E-state index contributed by atoms with van der Waals surface area (Å²) in [7, 11) is 3.20. The van der Waals surface area contributed by atoms with Gasteiger partial charge in [-0.2, -0.15) is 0 Å². The molecule has 0 unspecified atom stereocenters. The number of benzene rings is 2. The first-order chi connectivity index (χ1) is 13.7. The number of carbonyl (C=O) groups is 1. The van der Waals surface area contributed by atoms with Gasteiger partial charge in [-0.25, -0.2) is 0 Å². The number of ether oxygens (including phenoxy) is 2. The van der Waals surface area contributed by atoms with E-state index in [2.05, 4.69) is 22.3 Å². The highest BCUT2D eigenvalue weighted by molar-refractivity contribution is 6.02. The van der Waals surface area contributed by atoms with Gasteiger partial charge in [0.15, 0.2) is 0 Å². The van der Waals surface area contributed by atoms with Gasteiger partial charge in [-0.05, 0) is 68.3 Å². The zero-order chi connectivity index (χ0) is 19.8. The van der Waals surface area contributed by atoms with Gasteiger partial charge in [-0.1, -0.05) is 12.1 Å². The summed E-state index contributed by atoms with van der Waals surface area (Å²) in [5, 5.41) is 2.89. The summed E-state index contributed by atoms with van der Waals surface area (Å²) in [6.07, 6.45) is 6.93. The first-order valence-electron chi connectivity index (χ1n) is 9.70. The van der Waals surface area contributed by atoms with Gasteiger partial charge in [0.2, 0.25) is 5.91 Å². The summed E-state index contributed by atoms with van der Waals surface area (Å²) in [5.74, 6) is 1.19. The molecule has 0 spiro atoms. The molecule has 1 amide bonds. The van der Waals surface area contributed by atoms with E-state index in [4.69, 9.17) is 9.47 Å². The molecule has 0 bridgehead atoms. The molecule has 3 rings (SSSR count). The lowest BCUT2D eigenvalue weighted by molar-refractivity contribution is -0.111. The fourth-order valence-electron chi connectivity index (χ4n) is 3.35. The van der Waals surface area contributed by atoms with Crippen molar-refractivity contribution in [2.75, 3.05) is 39.2 Å². The largest absolute Gasteiger partial charge is 0.497 e. The van der Waals surface area contributed by atoms with Crippen LogP contribution in [0.2, 0.25) is 0 Å². The fraction of sp³-hybridized carbons (Fsp3) is 0.348. The SMILES string of the molecule is COc1ccc(/C=C/C(=O)Nc2ccc(CCN3CCCC3)cc2)c(OC)c1. The summed E-state index contributed by atoms with van der Waals surface area (Å²) in [6.45, 7) is 3.55. The molecule has 2 aromatic rings. The third-order valence-electron chi connectivity index (χ3n) is 4.99. The van der Waals surface area contributed by atoms with Crippen LogP contribution in [0.3, 0.4) is 0 Å². The normalized spacial score (nSPS) is 14.4. The van der Waals surface area contributed by atoms with Gasteiger partial charge in [0.1, 0.15) is 11.5 Å². The minimum absolute atomic E-state index is 0.178. The Balaban J connectivity index is 1.53. The Morgan fingerprint density at radius 1 is 1.07 bits per heavy atom. The Morgan fingerprint density at radius 2 is 1.82 bits per heavy atom. The number of hydrogen-bond acceptors (Lipinski definition) is 4. The Labute approximate surface area is 167 Å². The standard InChI is InChI=1S/C23H28N2O3/c1-27-21-11-7-19(22(17-21)28-2)8-12-23(26)24-20-9-5-18(6-10-20)13-16-25-14-3-4-15-25/h5-12,17H,3-4,13-16H2,1-2H3,(H,24,26)/b12-8+. The number of hydrogen-bond donors (Lipinski definition) is 1. The van der Waals surface area contributed by atoms with Gasteiger partial charge in [0.05, 0.1) is 14.2 Å². The number of nitrogens with one attached hydrogen (secondary N) is 1. The van der Waals surface area contributed by atoms with Crippen LogP contribution in [0.4, 0.5) is 5.69 Å². The Bertz CT molecular complexity index is 809. The molecule has 5 nitrogen and oxygen atoms in total. The quantitative estimate of drug-likeness (QED) is 0.704. The van der Waals surface area contributed by atoms with Crippen LogP contribution >= 0.6 is 0 Å². The van der Waals surface area contributed by atoms with Gasteiger partial charge in [0, 0.05) is 29.9 Å². The predicted octanol–water partition coefficient (Wildman–Crippen LogP) is 3.99. The maximum absolute atomic E-state index is 12.2. The molecule has 1 saturated heterocycles. The van der Waals surface area contributed by atoms with Crippen LogP contribution in [0, 0.1) is 0 Å². The Hall–Kier alpha value is -2.79. The van der Waals surface area contributed by atoms with Crippen molar-refractivity contribution in [2.24, 2.45) is 0 Å². The van der Waals surface area contributed by atoms with E-state index in [1.54, 1.807) is 26.4 Å². The van der Waals surface area contributed by atoms with E-state index in [1.807, 2.05) is 24.3 Å². The van der Waals surface area contributed by atoms with E-state index in [9.17, 15) is 4.79 Å². The topological polar surface area (TPSA) is 50.8 Å². The van der Waals surface area contributed by atoms with Gasteiger partial charge in [0.25, 0.3) is 0 Å². The smallest absolute Gasteiger partial charge is 0.248 e. The number of likely N-dealkylation sites (tertiary alicyclic amines) is 1. The maximum Gasteiger partial charge on any atom is 0.248 e. The first kappa shape index (κ1) is 20.0. The van der Waals surface area contributed by atoms with Crippen LogP contribution in [0.1, 0.15) is 24.0 Å². The monoisotopic (exact) mass is 380 g/mol. The molecule has 1 aliphatic rings. The zero-order valence-electron chi connectivity index (χ0n) is 16.6. The highest BCUT2D eigenvalue weighted by Crippen LogP contribution is 2.25. The third-order valence-corrected chi connectivity index (χ3v) is 4.99.